The number of nitrogens with two attached hydrogens (primary N) is 1. The van der Waals surface area contributed by atoms with Crippen LogP contribution in [-0.4, -0.2) is 50.9 Å². The van der Waals surface area contributed by atoms with Gasteiger partial charge in [-0.25, -0.2) is 13.9 Å². The number of carbonyl (C=O) groups excluding carboxylic acids is 2. The first-order chi connectivity index (χ1) is 18.9. The molecule has 11 heteroatoms. The molecule has 7 rings (SSSR count). The summed E-state index contributed by atoms with van der Waals surface area (Å²) in [6, 6.07) is 10.8. The van der Waals surface area contributed by atoms with Crippen LogP contribution in [0.1, 0.15) is 64.8 Å². The summed E-state index contributed by atoms with van der Waals surface area (Å²) in [6.07, 6.45) is 3.59. The standard InChI is InChI=1S/C29H29FN6O2S.H2S/c1-16-20-8-11-39-26(20)7-10-35(16)29(38)24-13-25(17-2-3-17)36-27(32-24)14-23(33-36)21-5-4-19(12-22(21)30)34-9-6-18(15-34)28(31)37;/h4-5,8,11-14,16-18H,2-3,6-7,9-10,15H2,1H3,(H2,31,37);1H2/t16-,18+;/m1./s1. The number of hydrogen-bond acceptors (Lipinski definition) is 6. The largest absolute Gasteiger partial charge is 0.371 e. The summed E-state index contributed by atoms with van der Waals surface area (Å²) in [5.74, 6) is -0.687. The molecule has 1 saturated heterocycles. The second-order valence-corrected chi connectivity index (χ2v) is 11.9. The third-order valence-corrected chi connectivity index (χ3v) is 9.39. The lowest BCUT2D eigenvalue weighted by Crippen LogP contribution is -2.38. The molecular weight excluding hydrogens is 547 g/mol. The molecule has 3 aromatic heterocycles. The van der Waals surface area contributed by atoms with Gasteiger partial charge in [0, 0.05) is 53.4 Å². The van der Waals surface area contributed by atoms with Gasteiger partial charge in [0.05, 0.1) is 17.7 Å². The molecule has 0 unspecified atom stereocenters. The molecule has 2 aliphatic heterocycles. The van der Waals surface area contributed by atoms with Crippen LogP contribution in [0, 0.1) is 11.7 Å². The summed E-state index contributed by atoms with van der Waals surface area (Å²) in [7, 11) is 0. The number of rotatable bonds is 5. The summed E-state index contributed by atoms with van der Waals surface area (Å²) >= 11 is 1.75. The van der Waals surface area contributed by atoms with Crippen LogP contribution in [0.2, 0.25) is 0 Å². The first-order valence-corrected chi connectivity index (χ1v) is 14.4. The quantitative estimate of drug-likeness (QED) is 0.372. The fraction of sp³-hybridized carbons (Fsp3) is 0.379. The van der Waals surface area contributed by atoms with Gasteiger partial charge in [-0.15, -0.1) is 11.3 Å². The molecule has 0 spiro atoms. The van der Waals surface area contributed by atoms with Crippen molar-refractivity contribution in [3.8, 4) is 11.3 Å². The van der Waals surface area contributed by atoms with Gasteiger partial charge >= 0.3 is 0 Å². The van der Waals surface area contributed by atoms with Crippen LogP contribution in [0.4, 0.5) is 10.1 Å². The topological polar surface area (TPSA) is 96.8 Å². The van der Waals surface area contributed by atoms with Crippen molar-refractivity contribution in [1.82, 2.24) is 19.5 Å². The summed E-state index contributed by atoms with van der Waals surface area (Å²) in [6.45, 7) is 3.90. The fourth-order valence-corrected chi connectivity index (χ4v) is 6.94. The normalized spacial score (nSPS) is 20.4. The lowest BCUT2D eigenvalue weighted by Gasteiger charge is -2.33. The predicted molar refractivity (Wildman–Crippen MR) is 158 cm³/mol. The Labute approximate surface area is 242 Å². The number of anilines is 1. The Balaban J connectivity index is 0.00000289. The Bertz CT molecular complexity index is 1630. The summed E-state index contributed by atoms with van der Waals surface area (Å²) in [5, 5.41) is 6.82. The van der Waals surface area contributed by atoms with E-state index in [1.165, 1.54) is 16.5 Å². The van der Waals surface area contributed by atoms with Crippen LogP contribution in [0.15, 0.2) is 41.8 Å². The lowest BCUT2D eigenvalue weighted by molar-refractivity contribution is -0.121. The molecule has 3 aliphatic rings. The molecule has 2 amide bonds. The third kappa shape index (κ3) is 4.54. The zero-order chi connectivity index (χ0) is 26.8. The van der Waals surface area contributed by atoms with Crippen LogP contribution in [0.25, 0.3) is 16.9 Å². The molecule has 2 N–H and O–H groups in total. The Morgan fingerprint density at radius 1 is 1.10 bits per heavy atom. The molecule has 1 aromatic carbocycles. The second-order valence-electron chi connectivity index (χ2n) is 10.9. The van der Waals surface area contributed by atoms with E-state index >= 15 is 4.39 Å². The van der Waals surface area contributed by atoms with Crippen molar-refractivity contribution in [2.24, 2.45) is 11.7 Å². The molecular formula is C29H31FN6O2S2. The number of nitrogens with zero attached hydrogens (tertiary/aromatic N) is 5. The molecule has 5 heterocycles. The van der Waals surface area contributed by atoms with Crippen molar-refractivity contribution < 1.29 is 14.0 Å². The van der Waals surface area contributed by atoms with Gasteiger partial charge in [0.2, 0.25) is 5.91 Å². The minimum Gasteiger partial charge on any atom is -0.371 e. The van der Waals surface area contributed by atoms with Gasteiger partial charge in [-0.3, -0.25) is 9.59 Å². The van der Waals surface area contributed by atoms with E-state index in [9.17, 15) is 9.59 Å². The zero-order valence-corrected chi connectivity index (χ0v) is 24.0. The zero-order valence-electron chi connectivity index (χ0n) is 22.1. The number of hydrogen-bond donors (Lipinski definition) is 1. The lowest BCUT2D eigenvalue weighted by atomic mass is 10.0. The first-order valence-electron chi connectivity index (χ1n) is 13.5. The van der Waals surface area contributed by atoms with E-state index in [0.29, 0.717) is 54.6 Å². The van der Waals surface area contributed by atoms with Crippen LogP contribution < -0.4 is 10.6 Å². The number of amides is 2. The van der Waals surface area contributed by atoms with E-state index in [1.54, 1.807) is 28.0 Å². The molecule has 2 fully saturated rings. The van der Waals surface area contributed by atoms with Crippen molar-refractivity contribution in [2.45, 2.75) is 44.6 Å². The van der Waals surface area contributed by atoms with Crippen molar-refractivity contribution in [1.29, 1.82) is 0 Å². The highest BCUT2D eigenvalue weighted by Crippen LogP contribution is 2.41. The Hall–Kier alpha value is -3.44. The van der Waals surface area contributed by atoms with E-state index in [4.69, 9.17) is 15.8 Å². The molecule has 0 radical (unpaired) electrons. The van der Waals surface area contributed by atoms with E-state index in [0.717, 1.165) is 30.6 Å². The van der Waals surface area contributed by atoms with Crippen molar-refractivity contribution in [2.75, 3.05) is 24.5 Å². The van der Waals surface area contributed by atoms with Crippen molar-refractivity contribution in [3.05, 3.63) is 69.4 Å². The van der Waals surface area contributed by atoms with Gasteiger partial charge in [-0.1, -0.05) is 0 Å². The minimum atomic E-state index is -0.392. The van der Waals surface area contributed by atoms with Crippen LogP contribution in [-0.2, 0) is 11.2 Å². The Kier molecular flexibility index (Phi) is 6.82. The Morgan fingerprint density at radius 2 is 1.93 bits per heavy atom. The summed E-state index contributed by atoms with van der Waals surface area (Å²) in [5.41, 5.74) is 10.1. The van der Waals surface area contributed by atoms with Crippen LogP contribution in [0.5, 0.6) is 0 Å². The fourth-order valence-electron chi connectivity index (χ4n) is 5.98. The van der Waals surface area contributed by atoms with Gasteiger partial charge in [-0.2, -0.15) is 18.6 Å². The third-order valence-electron chi connectivity index (χ3n) is 8.39. The average molecular weight is 579 g/mol. The highest BCUT2D eigenvalue weighted by atomic mass is 32.1. The van der Waals surface area contributed by atoms with Crippen LogP contribution >= 0.6 is 24.8 Å². The molecule has 40 heavy (non-hydrogen) atoms. The van der Waals surface area contributed by atoms with Crippen molar-refractivity contribution >= 4 is 48.0 Å². The number of primary amides is 1. The van der Waals surface area contributed by atoms with Gasteiger partial charge in [0.1, 0.15) is 11.5 Å². The predicted octanol–water partition coefficient (Wildman–Crippen LogP) is 4.66. The second kappa shape index (κ2) is 10.2. The molecule has 208 valence electrons. The van der Waals surface area contributed by atoms with Gasteiger partial charge in [-0.05, 0) is 73.9 Å². The van der Waals surface area contributed by atoms with E-state index < -0.39 is 5.82 Å². The average Bonchev–Trinajstić information content (AvgIpc) is 3.31. The maximum Gasteiger partial charge on any atom is 0.273 e. The maximum atomic E-state index is 15.4. The SMILES string of the molecule is C[C@@H]1c2ccsc2CCN1C(=O)c1cc(C2CC2)n2nc(-c3ccc(N4CC[C@H](C(N)=O)C4)cc3F)cc2n1.S. The number of fused-ring (bicyclic) bond motifs is 2. The molecule has 1 saturated carbocycles. The monoisotopic (exact) mass is 578 g/mol. The van der Waals surface area contributed by atoms with E-state index in [1.807, 2.05) is 21.9 Å². The molecule has 8 nitrogen and oxygen atoms in total. The number of benzene rings is 1. The van der Waals surface area contributed by atoms with Gasteiger partial charge < -0.3 is 15.5 Å². The maximum absolute atomic E-state index is 15.4. The van der Waals surface area contributed by atoms with Crippen molar-refractivity contribution in [3.63, 3.8) is 0 Å². The van der Waals surface area contributed by atoms with E-state index in [2.05, 4.69) is 18.4 Å². The molecule has 0 bridgehead atoms. The number of halogens is 1. The summed E-state index contributed by atoms with van der Waals surface area (Å²) in [4.78, 5) is 35.2. The minimum absolute atomic E-state index is 0. The van der Waals surface area contributed by atoms with Gasteiger partial charge in [0.15, 0.2) is 5.65 Å². The summed E-state index contributed by atoms with van der Waals surface area (Å²) < 4.78 is 17.2. The van der Waals surface area contributed by atoms with E-state index in [-0.39, 0.29) is 37.3 Å². The Morgan fingerprint density at radius 3 is 2.65 bits per heavy atom. The highest BCUT2D eigenvalue weighted by Gasteiger charge is 2.33. The van der Waals surface area contributed by atoms with Crippen LogP contribution in [0.3, 0.4) is 0 Å². The molecule has 4 aromatic rings. The number of aromatic nitrogens is 3. The van der Waals surface area contributed by atoms with Gasteiger partial charge in [0.25, 0.3) is 5.91 Å². The molecule has 2 atom stereocenters. The number of carbonyl (C=O) groups is 2. The number of thiophene rings is 1. The smallest absolute Gasteiger partial charge is 0.273 e. The molecule has 1 aliphatic carbocycles. The first kappa shape index (κ1) is 26.8. The highest BCUT2D eigenvalue weighted by molar-refractivity contribution is 7.59.